The molecule has 1 aromatic rings. The summed E-state index contributed by atoms with van der Waals surface area (Å²) in [6.45, 7) is 6.19. The molecule has 0 bridgehead atoms. The summed E-state index contributed by atoms with van der Waals surface area (Å²) in [6.07, 6.45) is 4.86. The maximum absolute atomic E-state index is 4.18. The number of hydrazone groups is 1. The molecule has 0 atom stereocenters. The van der Waals surface area contributed by atoms with Crippen molar-refractivity contribution in [2.24, 2.45) is 11.0 Å². The maximum atomic E-state index is 4.18. The van der Waals surface area contributed by atoms with E-state index in [4.69, 9.17) is 0 Å². The molecule has 70 valence electrons. The molecule has 4 heteroatoms. The van der Waals surface area contributed by atoms with Gasteiger partial charge in [-0.15, -0.1) is 0 Å². The Bertz CT molecular complexity index is 279. The summed E-state index contributed by atoms with van der Waals surface area (Å²) in [5, 5.41) is 4.18. The zero-order valence-electron chi connectivity index (χ0n) is 8.15. The summed E-state index contributed by atoms with van der Waals surface area (Å²) in [5.74, 6) is 0.456. The van der Waals surface area contributed by atoms with Crippen LogP contribution in [-0.4, -0.2) is 15.7 Å². The van der Waals surface area contributed by atoms with E-state index in [0.717, 1.165) is 11.4 Å². The highest BCUT2D eigenvalue weighted by molar-refractivity contribution is 5.84. The lowest BCUT2D eigenvalue weighted by molar-refractivity contribution is 0.874. The predicted molar refractivity (Wildman–Crippen MR) is 53.6 cm³/mol. The van der Waals surface area contributed by atoms with E-state index in [-0.39, 0.29) is 0 Å². The average Bonchev–Trinajstić information content (AvgIpc) is 2.15. The molecule has 0 spiro atoms. The second kappa shape index (κ2) is 4.54. The van der Waals surface area contributed by atoms with Crippen LogP contribution in [0, 0.1) is 5.92 Å². The number of aromatic nitrogens is 2. The lowest BCUT2D eigenvalue weighted by atomic mass is 10.1. The van der Waals surface area contributed by atoms with Gasteiger partial charge in [0.1, 0.15) is 6.33 Å². The van der Waals surface area contributed by atoms with E-state index >= 15 is 0 Å². The standard InChI is InChI=1S/C9H14N4/c1-7(2)8(3)12-13-9-4-10-6-11-5-9/h4-7,13H,1-3H3/b12-8+. The molecule has 13 heavy (non-hydrogen) atoms. The second-order valence-corrected chi connectivity index (χ2v) is 3.15. The number of nitrogens with zero attached hydrogens (tertiary/aromatic N) is 3. The summed E-state index contributed by atoms with van der Waals surface area (Å²) >= 11 is 0. The van der Waals surface area contributed by atoms with Crippen molar-refractivity contribution in [3.8, 4) is 0 Å². The zero-order chi connectivity index (χ0) is 9.68. The lowest BCUT2D eigenvalue weighted by Crippen LogP contribution is -2.05. The molecule has 0 aliphatic heterocycles. The minimum Gasteiger partial charge on any atom is -0.275 e. The van der Waals surface area contributed by atoms with Gasteiger partial charge in [-0.1, -0.05) is 13.8 Å². The van der Waals surface area contributed by atoms with Gasteiger partial charge in [0.2, 0.25) is 0 Å². The van der Waals surface area contributed by atoms with Crippen LogP contribution in [0.4, 0.5) is 5.69 Å². The Labute approximate surface area is 78.1 Å². The van der Waals surface area contributed by atoms with Crippen molar-refractivity contribution in [1.29, 1.82) is 0 Å². The van der Waals surface area contributed by atoms with Crippen molar-refractivity contribution in [3.63, 3.8) is 0 Å². The molecule has 0 aliphatic rings. The molecule has 0 saturated heterocycles. The van der Waals surface area contributed by atoms with Crippen molar-refractivity contribution in [2.45, 2.75) is 20.8 Å². The first-order valence-electron chi connectivity index (χ1n) is 4.25. The molecule has 0 unspecified atom stereocenters. The third kappa shape index (κ3) is 3.19. The summed E-state index contributed by atoms with van der Waals surface area (Å²) in [5.41, 5.74) is 4.76. The first-order valence-corrected chi connectivity index (χ1v) is 4.25. The predicted octanol–water partition coefficient (Wildman–Crippen LogP) is 1.92. The third-order valence-corrected chi connectivity index (χ3v) is 1.76. The van der Waals surface area contributed by atoms with Gasteiger partial charge in [0, 0.05) is 5.71 Å². The van der Waals surface area contributed by atoms with Crippen molar-refractivity contribution >= 4 is 11.4 Å². The monoisotopic (exact) mass is 178 g/mol. The highest BCUT2D eigenvalue weighted by Crippen LogP contribution is 2.02. The van der Waals surface area contributed by atoms with Gasteiger partial charge >= 0.3 is 0 Å². The first kappa shape index (κ1) is 9.64. The van der Waals surface area contributed by atoms with Crippen molar-refractivity contribution in [2.75, 3.05) is 5.43 Å². The third-order valence-electron chi connectivity index (χ3n) is 1.76. The van der Waals surface area contributed by atoms with E-state index < -0.39 is 0 Å². The average molecular weight is 178 g/mol. The van der Waals surface area contributed by atoms with Gasteiger partial charge < -0.3 is 0 Å². The fourth-order valence-corrected chi connectivity index (χ4v) is 0.639. The molecule has 1 rings (SSSR count). The van der Waals surface area contributed by atoms with E-state index in [2.05, 4.69) is 34.3 Å². The quantitative estimate of drug-likeness (QED) is 0.568. The number of rotatable bonds is 3. The van der Waals surface area contributed by atoms with Gasteiger partial charge in [-0.2, -0.15) is 5.10 Å². The summed E-state index contributed by atoms with van der Waals surface area (Å²) in [4.78, 5) is 7.73. The molecule has 0 fully saturated rings. The van der Waals surface area contributed by atoms with Crippen LogP contribution in [0.1, 0.15) is 20.8 Å². The molecule has 0 aliphatic carbocycles. The van der Waals surface area contributed by atoms with Crippen molar-refractivity contribution < 1.29 is 0 Å². The fourth-order valence-electron chi connectivity index (χ4n) is 0.639. The minimum absolute atomic E-state index is 0.456. The Morgan fingerprint density at radius 2 is 2.00 bits per heavy atom. The zero-order valence-corrected chi connectivity index (χ0v) is 8.15. The van der Waals surface area contributed by atoms with Crippen molar-refractivity contribution in [3.05, 3.63) is 18.7 Å². The smallest absolute Gasteiger partial charge is 0.115 e. The van der Waals surface area contributed by atoms with Crippen LogP contribution in [0.2, 0.25) is 0 Å². The number of hydrogen-bond donors (Lipinski definition) is 1. The molecule has 1 N–H and O–H groups in total. The Morgan fingerprint density at radius 1 is 1.38 bits per heavy atom. The van der Waals surface area contributed by atoms with Crippen LogP contribution in [-0.2, 0) is 0 Å². The van der Waals surface area contributed by atoms with E-state index in [1.165, 1.54) is 6.33 Å². The highest BCUT2D eigenvalue weighted by atomic mass is 15.3. The Kier molecular flexibility index (Phi) is 3.37. The molecular weight excluding hydrogens is 164 g/mol. The van der Waals surface area contributed by atoms with E-state index in [1.54, 1.807) is 12.4 Å². The maximum Gasteiger partial charge on any atom is 0.115 e. The van der Waals surface area contributed by atoms with Gasteiger partial charge in [0.15, 0.2) is 0 Å². The molecular formula is C9H14N4. The molecule has 0 amide bonds. The summed E-state index contributed by atoms with van der Waals surface area (Å²) in [7, 11) is 0. The molecule has 1 heterocycles. The number of anilines is 1. The molecule has 1 aromatic heterocycles. The topological polar surface area (TPSA) is 50.2 Å². The molecule has 0 radical (unpaired) electrons. The van der Waals surface area contributed by atoms with Crippen molar-refractivity contribution in [1.82, 2.24) is 9.97 Å². The minimum atomic E-state index is 0.456. The number of hydrogen-bond acceptors (Lipinski definition) is 4. The Morgan fingerprint density at radius 3 is 2.54 bits per heavy atom. The van der Waals surface area contributed by atoms with E-state index in [0.29, 0.717) is 5.92 Å². The van der Waals surface area contributed by atoms with Crippen LogP contribution >= 0.6 is 0 Å². The molecule has 0 saturated carbocycles. The van der Waals surface area contributed by atoms with Crippen LogP contribution < -0.4 is 5.43 Å². The summed E-state index contributed by atoms with van der Waals surface area (Å²) < 4.78 is 0. The molecule has 4 nitrogen and oxygen atoms in total. The van der Waals surface area contributed by atoms with Gasteiger partial charge in [-0.3, -0.25) is 5.43 Å². The number of nitrogens with one attached hydrogen (secondary N) is 1. The van der Waals surface area contributed by atoms with E-state index in [1.807, 2.05) is 6.92 Å². The summed E-state index contributed by atoms with van der Waals surface area (Å²) in [6, 6.07) is 0. The lowest BCUT2D eigenvalue weighted by Gasteiger charge is -2.04. The van der Waals surface area contributed by atoms with Crippen LogP contribution in [0.15, 0.2) is 23.8 Å². The highest BCUT2D eigenvalue weighted by Gasteiger charge is 1.96. The Hall–Kier alpha value is -1.45. The fraction of sp³-hybridized carbons (Fsp3) is 0.444. The van der Waals surface area contributed by atoms with Crippen LogP contribution in [0.3, 0.4) is 0 Å². The van der Waals surface area contributed by atoms with Gasteiger partial charge in [-0.25, -0.2) is 9.97 Å². The Balaban J connectivity index is 2.57. The first-order chi connectivity index (χ1) is 6.20. The largest absolute Gasteiger partial charge is 0.275 e. The second-order valence-electron chi connectivity index (χ2n) is 3.15. The van der Waals surface area contributed by atoms with Crippen LogP contribution in [0.5, 0.6) is 0 Å². The van der Waals surface area contributed by atoms with Crippen LogP contribution in [0.25, 0.3) is 0 Å². The SMILES string of the molecule is C/C(=N\Nc1cncnc1)C(C)C. The normalized spacial score (nSPS) is 11.8. The molecule has 0 aromatic carbocycles. The van der Waals surface area contributed by atoms with Gasteiger partial charge in [-0.05, 0) is 12.8 Å². The van der Waals surface area contributed by atoms with Gasteiger partial charge in [0.25, 0.3) is 0 Å². The van der Waals surface area contributed by atoms with E-state index in [9.17, 15) is 0 Å². The van der Waals surface area contributed by atoms with Gasteiger partial charge in [0.05, 0.1) is 18.1 Å².